The highest BCUT2D eigenvalue weighted by atomic mass is 127. The maximum absolute atomic E-state index is 13.8. The van der Waals surface area contributed by atoms with E-state index >= 15 is 0 Å². The van der Waals surface area contributed by atoms with Crippen molar-refractivity contribution >= 4 is 74.3 Å². The largest absolute Gasteiger partial charge is 0.455 e. The van der Waals surface area contributed by atoms with Gasteiger partial charge in [-0.2, -0.15) is 0 Å². The number of aromatic nitrogens is 1. The molecule has 1 saturated heterocycles. The van der Waals surface area contributed by atoms with Crippen molar-refractivity contribution in [3.63, 3.8) is 0 Å². The van der Waals surface area contributed by atoms with Gasteiger partial charge in [0.05, 0.1) is 0 Å². The molecular formula is C37H36IN5O5S2. The second-order valence-electron chi connectivity index (χ2n) is 12.6. The van der Waals surface area contributed by atoms with Gasteiger partial charge in [0.15, 0.2) is 10.8 Å². The molecule has 2 N–H and O–H groups in total. The summed E-state index contributed by atoms with van der Waals surface area (Å²) >= 11 is 5.00. The molecule has 0 saturated carbocycles. The highest BCUT2D eigenvalue weighted by molar-refractivity contribution is 14.1. The van der Waals surface area contributed by atoms with Crippen LogP contribution in [0.3, 0.4) is 0 Å². The number of thioether (sulfide) groups is 1. The van der Waals surface area contributed by atoms with Crippen molar-refractivity contribution < 1.29 is 24.0 Å². The summed E-state index contributed by atoms with van der Waals surface area (Å²) in [6.07, 6.45) is 0. The van der Waals surface area contributed by atoms with Crippen molar-refractivity contribution in [3.05, 3.63) is 130 Å². The van der Waals surface area contributed by atoms with E-state index in [9.17, 15) is 14.4 Å². The molecule has 4 aromatic rings. The molecule has 0 radical (unpaired) electrons. The van der Waals surface area contributed by atoms with Crippen LogP contribution in [0.4, 0.5) is 5.13 Å². The number of rotatable bonds is 11. The summed E-state index contributed by atoms with van der Waals surface area (Å²) in [7, 11) is 1.35. The van der Waals surface area contributed by atoms with Crippen molar-refractivity contribution in [1.29, 1.82) is 0 Å². The number of anilines is 1. The van der Waals surface area contributed by atoms with Crippen molar-refractivity contribution in [2.75, 3.05) is 22.6 Å². The normalized spacial score (nSPS) is 17.8. The fourth-order valence-electron chi connectivity index (χ4n) is 5.99. The van der Waals surface area contributed by atoms with Crippen molar-refractivity contribution in [2.45, 2.75) is 43.3 Å². The first-order valence-corrected chi connectivity index (χ1v) is 19.3. The van der Waals surface area contributed by atoms with Crippen LogP contribution in [0.25, 0.3) is 0 Å². The maximum Gasteiger partial charge on any atom is 0.355 e. The molecule has 1 aromatic heterocycles. The number of hydrogen-bond acceptors (Lipinski definition) is 10. The van der Waals surface area contributed by atoms with Crippen LogP contribution in [0.1, 0.15) is 43.2 Å². The molecule has 3 heterocycles. The fourth-order valence-corrected chi connectivity index (χ4v) is 9.08. The number of thiazole rings is 1. The summed E-state index contributed by atoms with van der Waals surface area (Å²) in [5.74, 6) is -1.03. The Kier molecular flexibility index (Phi) is 10.6. The highest BCUT2D eigenvalue weighted by Gasteiger charge is 2.55. The van der Waals surface area contributed by atoms with Gasteiger partial charge in [-0.3, -0.25) is 14.5 Å². The number of alkyl halides is 1. The molecule has 6 rings (SSSR count). The van der Waals surface area contributed by atoms with Crippen molar-refractivity contribution in [3.8, 4) is 0 Å². The molecule has 258 valence electrons. The minimum atomic E-state index is -0.874. The lowest BCUT2D eigenvalue weighted by Gasteiger charge is -2.49. The average Bonchev–Trinajstić information content (AvgIpc) is 3.59. The number of nitrogens with zero attached hydrogens (tertiary/aromatic N) is 3. The van der Waals surface area contributed by atoms with Gasteiger partial charge in [-0.25, -0.2) is 9.78 Å². The Bertz CT molecular complexity index is 1830. The molecule has 10 nitrogen and oxygen atoms in total. The summed E-state index contributed by atoms with van der Waals surface area (Å²) in [5.41, 5.74) is 2.73. The third kappa shape index (κ3) is 7.03. The van der Waals surface area contributed by atoms with Crippen LogP contribution in [-0.4, -0.2) is 67.7 Å². The molecule has 0 aliphatic carbocycles. The number of halogens is 1. The second kappa shape index (κ2) is 15.0. The van der Waals surface area contributed by atoms with Crippen LogP contribution in [-0.2, 0) is 29.5 Å². The number of hydrogen-bond donors (Lipinski definition) is 2. The molecule has 2 aliphatic heterocycles. The molecular weight excluding hydrogens is 785 g/mol. The lowest BCUT2D eigenvalue weighted by atomic mass is 9.77. The van der Waals surface area contributed by atoms with Gasteiger partial charge in [-0.15, -0.1) is 23.1 Å². The molecule has 50 heavy (non-hydrogen) atoms. The predicted octanol–water partition coefficient (Wildman–Crippen LogP) is 6.33. The third-order valence-corrected chi connectivity index (χ3v) is 11.2. The lowest BCUT2D eigenvalue weighted by molar-refractivity contribution is -0.158. The SMILES string of the molecule is CON=C(C(=O)N[C@@H]1C(=O)N2C(C(=O)OC(C)(C)C)=C(CI)CS[C@H]12)c1csc(NC(c2ccccc2)(c2ccccc2)c2ccccc2)n1. The van der Waals surface area contributed by atoms with Gasteiger partial charge in [0.2, 0.25) is 0 Å². The molecule has 2 atom stereocenters. The first kappa shape index (κ1) is 35.6. The van der Waals surface area contributed by atoms with Gasteiger partial charge in [0, 0.05) is 15.6 Å². The van der Waals surface area contributed by atoms with E-state index in [1.807, 2.05) is 54.6 Å². The Morgan fingerprint density at radius 2 is 1.52 bits per heavy atom. The molecule has 0 bridgehead atoms. The van der Waals surface area contributed by atoms with Crippen LogP contribution in [0.15, 0.2) is 113 Å². The minimum Gasteiger partial charge on any atom is -0.455 e. The summed E-state index contributed by atoms with van der Waals surface area (Å²) in [6.45, 7) is 5.35. The average molecular weight is 822 g/mol. The summed E-state index contributed by atoms with van der Waals surface area (Å²) in [4.78, 5) is 51.8. The Labute approximate surface area is 312 Å². The van der Waals surface area contributed by atoms with Crippen LogP contribution in [0, 0.1) is 0 Å². The van der Waals surface area contributed by atoms with Crippen molar-refractivity contribution in [1.82, 2.24) is 15.2 Å². The quantitative estimate of drug-likeness (QED) is 0.0343. The highest BCUT2D eigenvalue weighted by Crippen LogP contribution is 2.42. The number of carbonyl (C=O) groups excluding carboxylic acids is 3. The summed E-state index contributed by atoms with van der Waals surface area (Å²) < 4.78 is 6.20. The van der Waals surface area contributed by atoms with Gasteiger partial charge in [0.25, 0.3) is 11.8 Å². The first-order valence-electron chi connectivity index (χ1n) is 15.9. The van der Waals surface area contributed by atoms with Crippen LogP contribution in [0.2, 0.25) is 0 Å². The van der Waals surface area contributed by atoms with E-state index in [2.05, 4.69) is 74.8 Å². The molecule has 2 aliphatic rings. The standard InChI is InChI=1S/C37H36IN5O5S2/c1-36(2,3)48-34(46)30-23(20-38)21-49-33-29(32(45)43(30)33)40-31(44)28(42-47-4)27-22-50-35(39-27)41-37(24-14-8-5-9-15-24,25-16-10-6-11-17-25)26-18-12-7-13-19-26/h5-19,22,29,33H,20-21H2,1-4H3,(H,39,41)(H,40,44)/t29-,33-/m1/s1. The third-order valence-electron chi connectivity index (χ3n) is 8.15. The zero-order valence-electron chi connectivity index (χ0n) is 27.9. The van der Waals surface area contributed by atoms with E-state index < -0.39 is 40.3 Å². The molecule has 3 aromatic carbocycles. The molecule has 1 fully saturated rings. The van der Waals surface area contributed by atoms with E-state index in [1.165, 1.54) is 35.1 Å². The van der Waals surface area contributed by atoms with E-state index in [0.29, 0.717) is 15.3 Å². The Hall–Kier alpha value is -4.21. The number of benzene rings is 3. The number of oxime groups is 1. The monoisotopic (exact) mass is 821 g/mol. The van der Waals surface area contributed by atoms with E-state index in [-0.39, 0.29) is 17.1 Å². The number of nitrogens with one attached hydrogen (secondary N) is 2. The zero-order chi connectivity index (χ0) is 35.5. The number of β-lactam (4-membered cyclic amide) rings is 1. The lowest BCUT2D eigenvalue weighted by Crippen LogP contribution is -2.71. The van der Waals surface area contributed by atoms with E-state index in [4.69, 9.17) is 14.6 Å². The number of amides is 2. The van der Waals surface area contributed by atoms with Crippen molar-refractivity contribution in [2.24, 2.45) is 5.16 Å². The minimum absolute atomic E-state index is 0.0792. The van der Waals surface area contributed by atoms with Gasteiger partial charge in [-0.05, 0) is 43.0 Å². The Balaban J connectivity index is 1.27. The van der Waals surface area contributed by atoms with Crippen LogP contribution in [0.5, 0.6) is 0 Å². The number of esters is 1. The fraction of sp³-hybridized carbons (Fsp3) is 0.270. The van der Waals surface area contributed by atoms with Gasteiger partial charge < -0.3 is 20.2 Å². The summed E-state index contributed by atoms with van der Waals surface area (Å²) in [6, 6.07) is 29.5. The predicted molar refractivity (Wildman–Crippen MR) is 205 cm³/mol. The second-order valence-corrected chi connectivity index (χ2v) is 15.3. The number of fused-ring (bicyclic) bond motifs is 1. The van der Waals surface area contributed by atoms with Crippen LogP contribution >= 0.6 is 45.7 Å². The Morgan fingerprint density at radius 1 is 0.960 bits per heavy atom. The maximum atomic E-state index is 13.8. The molecule has 0 unspecified atom stereocenters. The van der Waals surface area contributed by atoms with Gasteiger partial charge >= 0.3 is 5.97 Å². The Morgan fingerprint density at radius 3 is 2.02 bits per heavy atom. The molecule has 13 heteroatoms. The van der Waals surface area contributed by atoms with Gasteiger partial charge in [-0.1, -0.05) is 119 Å². The van der Waals surface area contributed by atoms with Crippen LogP contribution < -0.4 is 10.6 Å². The van der Waals surface area contributed by atoms with E-state index in [1.54, 1.807) is 26.2 Å². The number of carbonyl (C=O) groups is 3. The summed E-state index contributed by atoms with van der Waals surface area (Å²) in [5, 5.41) is 12.4. The van der Waals surface area contributed by atoms with Gasteiger partial charge in [0.1, 0.15) is 41.1 Å². The topological polar surface area (TPSA) is 122 Å². The first-order chi connectivity index (χ1) is 24.1. The zero-order valence-corrected chi connectivity index (χ0v) is 31.7. The molecule has 2 amide bonds. The molecule has 0 spiro atoms. The van der Waals surface area contributed by atoms with E-state index in [0.717, 1.165) is 22.3 Å². The number of ether oxygens (including phenoxy) is 1. The smallest absolute Gasteiger partial charge is 0.355 e.